The molecule has 26 heavy (non-hydrogen) atoms. The lowest BCUT2D eigenvalue weighted by Crippen LogP contribution is -2.52. The molecular weight excluding hydrogens is 334 g/mol. The Morgan fingerprint density at radius 2 is 2.00 bits per heavy atom. The predicted molar refractivity (Wildman–Crippen MR) is 93.9 cm³/mol. The third kappa shape index (κ3) is 2.61. The monoisotopic (exact) mass is 353 g/mol. The van der Waals surface area contributed by atoms with Crippen LogP contribution in [0.2, 0.25) is 0 Å². The van der Waals surface area contributed by atoms with Crippen LogP contribution >= 0.6 is 0 Å². The average molecular weight is 353 g/mol. The number of hydrogen-bond donors (Lipinski definition) is 0. The fourth-order valence-electron chi connectivity index (χ4n) is 3.21. The Bertz CT molecular complexity index is 1020. The predicted octanol–water partition coefficient (Wildman–Crippen LogP) is 0.569. The van der Waals surface area contributed by atoms with Gasteiger partial charge >= 0.3 is 0 Å². The van der Waals surface area contributed by atoms with Gasteiger partial charge in [-0.1, -0.05) is 0 Å². The fraction of sp³-hybridized carbons (Fsp3) is 0.353. The van der Waals surface area contributed by atoms with Gasteiger partial charge in [-0.25, -0.2) is 9.50 Å². The minimum absolute atomic E-state index is 0.0311. The van der Waals surface area contributed by atoms with Gasteiger partial charge in [0.15, 0.2) is 5.65 Å². The summed E-state index contributed by atoms with van der Waals surface area (Å²) in [5.41, 5.74) is 3.47. The number of rotatable bonds is 2. The first-order valence-electron chi connectivity index (χ1n) is 8.34. The smallest absolute Gasteiger partial charge is 0.257 e. The maximum absolute atomic E-state index is 12.9. The maximum atomic E-state index is 12.9. The first-order valence-corrected chi connectivity index (χ1v) is 8.34. The molecule has 4 rings (SSSR count). The van der Waals surface area contributed by atoms with Crippen molar-refractivity contribution < 1.29 is 9.59 Å². The van der Waals surface area contributed by atoms with Gasteiger partial charge in [-0.3, -0.25) is 14.3 Å². The molecule has 3 aromatic rings. The highest BCUT2D eigenvalue weighted by atomic mass is 16.2. The van der Waals surface area contributed by atoms with Crippen LogP contribution in [0.5, 0.6) is 0 Å². The van der Waals surface area contributed by atoms with Gasteiger partial charge in [0.1, 0.15) is 6.54 Å². The quantitative estimate of drug-likeness (QED) is 0.672. The Kier molecular flexibility index (Phi) is 3.71. The van der Waals surface area contributed by atoms with Crippen LogP contribution in [0.3, 0.4) is 0 Å². The van der Waals surface area contributed by atoms with Gasteiger partial charge in [-0.15, -0.1) is 0 Å². The molecule has 0 saturated carbocycles. The van der Waals surface area contributed by atoms with Crippen molar-refractivity contribution in [3.63, 3.8) is 0 Å². The van der Waals surface area contributed by atoms with Gasteiger partial charge in [0.05, 0.1) is 28.8 Å². The van der Waals surface area contributed by atoms with Gasteiger partial charge in [0.25, 0.3) is 5.91 Å². The molecule has 0 radical (unpaired) electrons. The molecule has 9 heteroatoms. The van der Waals surface area contributed by atoms with Crippen LogP contribution in [-0.2, 0) is 11.8 Å². The van der Waals surface area contributed by atoms with E-state index < -0.39 is 0 Å². The van der Waals surface area contributed by atoms with E-state index in [2.05, 4.69) is 15.2 Å². The summed E-state index contributed by atoms with van der Waals surface area (Å²) in [7, 11) is 1.80. The Labute approximate surface area is 149 Å². The van der Waals surface area contributed by atoms with Crippen molar-refractivity contribution in [2.24, 2.45) is 7.05 Å². The summed E-state index contributed by atoms with van der Waals surface area (Å²) in [5, 5.41) is 8.46. The van der Waals surface area contributed by atoms with E-state index >= 15 is 0 Å². The summed E-state index contributed by atoms with van der Waals surface area (Å²) < 4.78 is 3.31. The van der Waals surface area contributed by atoms with E-state index in [0.29, 0.717) is 24.3 Å². The molecule has 0 spiro atoms. The molecule has 3 aromatic heterocycles. The van der Waals surface area contributed by atoms with Crippen molar-refractivity contribution in [2.75, 3.05) is 24.5 Å². The number of anilines is 1. The van der Waals surface area contributed by atoms with Gasteiger partial charge < -0.3 is 9.80 Å². The minimum Gasteiger partial charge on any atom is -0.327 e. The van der Waals surface area contributed by atoms with Gasteiger partial charge in [-0.2, -0.15) is 10.2 Å². The largest absolute Gasteiger partial charge is 0.327 e. The van der Waals surface area contributed by atoms with Crippen LogP contribution in [0, 0.1) is 13.8 Å². The van der Waals surface area contributed by atoms with E-state index in [0.717, 1.165) is 17.1 Å². The van der Waals surface area contributed by atoms with Crippen molar-refractivity contribution in [3.05, 3.63) is 41.6 Å². The van der Waals surface area contributed by atoms with E-state index in [1.807, 2.05) is 19.9 Å². The molecule has 0 atom stereocenters. The summed E-state index contributed by atoms with van der Waals surface area (Å²) in [6.07, 6.45) is 5.00. The molecule has 1 aliphatic heterocycles. The molecule has 1 fully saturated rings. The summed E-state index contributed by atoms with van der Waals surface area (Å²) in [4.78, 5) is 33.0. The Balaban J connectivity index is 1.56. The topological polar surface area (TPSA) is 88.6 Å². The van der Waals surface area contributed by atoms with Crippen molar-refractivity contribution in [3.8, 4) is 0 Å². The third-order valence-electron chi connectivity index (χ3n) is 4.59. The zero-order valence-corrected chi connectivity index (χ0v) is 14.9. The lowest BCUT2D eigenvalue weighted by molar-refractivity contribution is -0.120. The lowest BCUT2D eigenvalue weighted by atomic mass is 10.2. The number of carbonyl (C=O) groups excluding carboxylic acids is 2. The number of fused-ring (bicyclic) bond motifs is 1. The van der Waals surface area contributed by atoms with Crippen LogP contribution in [-0.4, -0.2) is 60.7 Å². The van der Waals surface area contributed by atoms with Gasteiger partial charge in [0, 0.05) is 38.6 Å². The van der Waals surface area contributed by atoms with E-state index in [4.69, 9.17) is 0 Å². The van der Waals surface area contributed by atoms with Crippen molar-refractivity contribution >= 4 is 23.1 Å². The highest BCUT2D eigenvalue weighted by Gasteiger charge is 2.30. The zero-order valence-electron chi connectivity index (χ0n) is 14.9. The standard InChI is InChI=1S/C17H19N7O2/c1-11-6-15-18-8-14(12(2)24(15)20-11)17(26)22-4-5-23(16(25)10-22)13-7-19-21(3)9-13/h6-9H,4-5,10H2,1-3H3. The van der Waals surface area contributed by atoms with Gasteiger partial charge in [-0.05, 0) is 13.8 Å². The summed E-state index contributed by atoms with van der Waals surface area (Å²) in [5.74, 6) is -0.330. The molecule has 1 aliphatic rings. The number of hydrogen-bond acceptors (Lipinski definition) is 5. The van der Waals surface area contributed by atoms with Crippen molar-refractivity contribution in [2.45, 2.75) is 13.8 Å². The Morgan fingerprint density at radius 1 is 1.19 bits per heavy atom. The molecule has 0 aliphatic carbocycles. The normalized spacial score (nSPS) is 15.1. The first kappa shape index (κ1) is 16.2. The number of carbonyl (C=O) groups is 2. The maximum Gasteiger partial charge on any atom is 0.257 e. The summed E-state index contributed by atoms with van der Waals surface area (Å²) in [6, 6.07) is 1.86. The Hall–Kier alpha value is -3.23. The summed E-state index contributed by atoms with van der Waals surface area (Å²) >= 11 is 0. The highest BCUT2D eigenvalue weighted by Crippen LogP contribution is 2.19. The molecule has 134 valence electrons. The minimum atomic E-state index is -0.204. The molecular formula is C17H19N7O2. The molecule has 0 aromatic carbocycles. The van der Waals surface area contributed by atoms with E-state index in [1.54, 1.807) is 44.6 Å². The van der Waals surface area contributed by atoms with E-state index in [1.165, 1.54) is 0 Å². The van der Waals surface area contributed by atoms with Crippen LogP contribution < -0.4 is 4.90 Å². The van der Waals surface area contributed by atoms with Crippen LogP contribution in [0.4, 0.5) is 5.69 Å². The number of piperazine rings is 1. The second-order valence-corrected chi connectivity index (χ2v) is 6.46. The molecule has 0 bridgehead atoms. The number of aryl methyl sites for hydroxylation is 3. The summed E-state index contributed by atoms with van der Waals surface area (Å²) in [6.45, 7) is 4.64. The number of amides is 2. The SMILES string of the molecule is Cc1cc2ncc(C(=O)N3CCN(c4cnn(C)c4)C(=O)C3)c(C)n2n1. The second-order valence-electron chi connectivity index (χ2n) is 6.46. The van der Waals surface area contributed by atoms with Gasteiger partial charge in [0.2, 0.25) is 5.91 Å². The lowest BCUT2D eigenvalue weighted by Gasteiger charge is -2.33. The van der Waals surface area contributed by atoms with Crippen molar-refractivity contribution in [1.82, 2.24) is 29.3 Å². The zero-order chi connectivity index (χ0) is 18.4. The van der Waals surface area contributed by atoms with E-state index in [9.17, 15) is 9.59 Å². The average Bonchev–Trinajstić information content (AvgIpc) is 3.20. The van der Waals surface area contributed by atoms with Crippen LogP contribution in [0.15, 0.2) is 24.7 Å². The number of aromatic nitrogens is 5. The molecule has 1 saturated heterocycles. The van der Waals surface area contributed by atoms with E-state index in [-0.39, 0.29) is 18.4 Å². The van der Waals surface area contributed by atoms with Crippen LogP contribution in [0.1, 0.15) is 21.7 Å². The van der Waals surface area contributed by atoms with Crippen molar-refractivity contribution in [1.29, 1.82) is 0 Å². The highest BCUT2D eigenvalue weighted by molar-refractivity contribution is 6.02. The molecule has 2 amide bonds. The molecule has 0 N–H and O–H groups in total. The second kappa shape index (κ2) is 5.94. The fourth-order valence-corrected chi connectivity index (χ4v) is 3.21. The van der Waals surface area contributed by atoms with Crippen LogP contribution in [0.25, 0.3) is 5.65 Å². The number of nitrogens with zero attached hydrogens (tertiary/aromatic N) is 7. The first-order chi connectivity index (χ1) is 12.4. The molecule has 9 nitrogen and oxygen atoms in total. The Morgan fingerprint density at radius 3 is 2.69 bits per heavy atom. The molecule has 4 heterocycles. The third-order valence-corrected chi connectivity index (χ3v) is 4.59. The molecule has 0 unspecified atom stereocenters.